The van der Waals surface area contributed by atoms with Crippen LogP contribution in [-0.4, -0.2) is 26.0 Å². The minimum Gasteiger partial charge on any atom is -0.356 e. The summed E-state index contributed by atoms with van der Waals surface area (Å²) in [7, 11) is 1.85. The van der Waals surface area contributed by atoms with Crippen molar-refractivity contribution in [2.45, 2.75) is 26.7 Å². The molecule has 0 saturated heterocycles. The van der Waals surface area contributed by atoms with Crippen LogP contribution in [0.15, 0.2) is 18.2 Å². The molecule has 0 fully saturated rings. The smallest absolute Gasteiger partial charge is 0.221 e. The maximum atomic E-state index is 11.4. The Morgan fingerprint density at radius 3 is 2.41 bits per heavy atom. The molecule has 2 N–H and O–H groups in total. The summed E-state index contributed by atoms with van der Waals surface area (Å²) in [5, 5.41) is 5.91. The molecule has 0 aliphatic rings. The molecule has 0 radical (unpaired) electrons. The number of amides is 1. The number of aryl methyl sites for hydroxylation is 2. The van der Waals surface area contributed by atoms with Crippen molar-refractivity contribution in [1.29, 1.82) is 0 Å². The number of benzene rings is 1. The van der Waals surface area contributed by atoms with E-state index >= 15 is 0 Å². The first-order valence-electron chi connectivity index (χ1n) is 6.11. The third-order valence-corrected chi connectivity index (χ3v) is 2.94. The fourth-order valence-corrected chi connectivity index (χ4v) is 1.90. The third-order valence-electron chi connectivity index (χ3n) is 2.94. The Bertz CT molecular complexity index is 354. The highest BCUT2D eigenvalue weighted by Gasteiger charge is 2.03. The molecule has 1 aromatic rings. The molecule has 0 aliphatic heterocycles. The van der Waals surface area contributed by atoms with Gasteiger partial charge in [0.15, 0.2) is 0 Å². The van der Waals surface area contributed by atoms with E-state index in [-0.39, 0.29) is 5.91 Å². The average molecular weight is 234 g/mol. The summed E-state index contributed by atoms with van der Waals surface area (Å²) in [6, 6.07) is 6.30. The number of carbonyl (C=O) groups excluding carboxylic acids is 1. The fourth-order valence-electron chi connectivity index (χ4n) is 1.90. The van der Waals surface area contributed by atoms with E-state index in [0.717, 1.165) is 13.0 Å². The number of carbonyl (C=O) groups is 1. The minimum atomic E-state index is 0.116. The van der Waals surface area contributed by atoms with Gasteiger partial charge < -0.3 is 10.6 Å². The first-order valence-corrected chi connectivity index (χ1v) is 6.11. The molecule has 0 saturated carbocycles. The van der Waals surface area contributed by atoms with Crippen molar-refractivity contribution in [3.8, 4) is 0 Å². The van der Waals surface area contributed by atoms with Crippen molar-refractivity contribution in [3.05, 3.63) is 34.9 Å². The van der Waals surface area contributed by atoms with Gasteiger partial charge in [-0.05, 0) is 44.0 Å². The quantitative estimate of drug-likeness (QED) is 0.784. The topological polar surface area (TPSA) is 41.1 Å². The zero-order chi connectivity index (χ0) is 12.7. The number of hydrogen-bond donors (Lipinski definition) is 2. The molecule has 1 aromatic carbocycles. The molecule has 94 valence electrons. The van der Waals surface area contributed by atoms with E-state index in [1.165, 1.54) is 16.7 Å². The van der Waals surface area contributed by atoms with E-state index < -0.39 is 0 Å². The van der Waals surface area contributed by atoms with Crippen molar-refractivity contribution in [2.24, 2.45) is 0 Å². The first kappa shape index (κ1) is 13.7. The Balaban J connectivity index is 2.38. The zero-order valence-electron chi connectivity index (χ0n) is 11.0. The summed E-state index contributed by atoms with van der Waals surface area (Å²) in [6.45, 7) is 5.68. The van der Waals surface area contributed by atoms with Crippen LogP contribution in [-0.2, 0) is 11.2 Å². The van der Waals surface area contributed by atoms with Crippen molar-refractivity contribution >= 4 is 5.91 Å². The number of rotatable bonds is 6. The SMILES string of the molecule is CNCCC(=O)NCCc1c(C)cccc1C. The lowest BCUT2D eigenvalue weighted by Crippen LogP contribution is -2.28. The standard InChI is InChI=1S/C14H22N2O/c1-11-5-4-6-12(2)13(11)7-10-16-14(17)8-9-15-3/h4-6,15H,7-10H2,1-3H3,(H,16,17). The molecule has 0 atom stereocenters. The highest BCUT2D eigenvalue weighted by Crippen LogP contribution is 2.13. The predicted molar refractivity (Wildman–Crippen MR) is 71.2 cm³/mol. The van der Waals surface area contributed by atoms with Gasteiger partial charge in [-0.1, -0.05) is 18.2 Å². The Labute approximate surface area is 104 Å². The highest BCUT2D eigenvalue weighted by atomic mass is 16.1. The first-order chi connectivity index (χ1) is 8.15. The van der Waals surface area contributed by atoms with Crippen LogP contribution in [0.25, 0.3) is 0 Å². The second-order valence-electron chi connectivity index (χ2n) is 4.32. The summed E-state index contributed by atoms with van der Waals surface area (Å²) in [5.41, 5.74) is 3.95. The molecule has 3 heteroatoms. The molecule has 0 unspecified atom stereocenters. The second kappa shape index (κ2) is 7.07. The van der Waals surface area contributed by atoms with E-state index in [9.17, 15) is 4.79 Å². The van der Waals surface area contributed by atoms with Crippen molar-refractivity contribution in [1.82, 2.24) is 10.6 Å². The lowest BCUT2D eigenvalue weighted by molar-refractivity contribution is -0.120. The van der Waals surface area contributed by atoms with Gasteiger partial charge in [0.2, 0.25) is 5.91 Å². The lowest BCUT2D eigenvalue weighted by atomic mass is 10.0. The molecule has 1 amide bonds. The Morgan fingerprint density at radius 1 is 1.18 bits per heavy atom. The molecule has 1 rings (SSSR count). The summed E-state index contributed by atoms with van der Waals surface area (Å²) in [6.07, 6.45) is 1.45. The van der Waals surface area contributed by atoms with E-state index in [2.05, 4.69) is 42.7 Å². The van der Waals surface area contributed by atoms with Crippen LogP contribution in [0.4, 0.5) is 0 Å². The zero-order valence-corrected chi connectivity index (χ0v) is 11.0. The van der Waals surface area contributed by atoms with Gasteiger partial charge in [-0.15, -0.1) is 0 Å². The summed E-state index contributed by atoms with van der Waals surface area (Å²) < 4.78 is 0. The lowest BCUT2D eigenvalue weighted by Gasteiger charge is -2.10. The van der Waals surface area contributed by atoms with Gasteiger partial charge in [0, 0.05) is 19.5 Å². The van der Waals surface area contributed by atoms with Crippen LogP contribution in [0.5, 0.6) is 0 Å². The summed E-state index contributed by atoms with van der Waals surface area (Å²) >= 11 is 0. The Morgan fingerprint density at radius 2 is 1.82 bits per heavy atom. The van der Waals surface area contributed by atoms with Crippen molar-refractivity contribution in [3.63, 3.8) is 0 Å². The molecule has 17 heavy (non-hydrogen) atoms. The molecule has 3 nitrogen and oxygen atoms in total. The molecular weight excluding hydrogens is 212 g/mol. The Kier molecular flexibility index (Phi) is 5.70. The maximum absolute atomic E-state index is 11.4. The summed E-state index contributed by atoms with van der Waals surface area (Å²) in [4.78, 5) is 11.4. The van der Waals surface area contributed by atoms with Crippen LogP contribution < -0.4 is 10.6 Å². The van der Waals surface area contributed by atoms with E-state index in [4.69, 9.17) is 0 Å². The molecule has 0 aromatic heterocycles. The molecule has 0 aliphatic carbocycles. The maximum Gasteiger partial charge on any atom is 0.221 e. The van der Waals surface area contributed by atoms with E-state index in [1.807, 2.05) is 7.05 Å². The van der Waals surface area contributed by atoms with E-state index in [1.54, 1.807) is 0 Å². The van der Waals surface area contributed by atoms with Crippen molar-refractivity contribution in [2.75, 3.05) is 20.1 Å². The monoisotopic (exact) mass is 234 g/mol. The largest absolute Gasteiger partial charge is 0.356 e. The summed E-state index contributed by atoms with van der Waals surface area (Å²) in [5.74, 6) is 0.116. The van der Waals surface area contributed by atoms with Crippen molar-refractivity contribution < 1.29 is 4.79 Å². The van der Waals surface area contributed by atoms with Gasteiger partial charge in [-0.25, -0.2) is 0 Å². The van der Waals surface area contributed by atoms with Gasteiger partial charge in [0.25, 0.3) is 0 Å². The van der Waals surface area contributed by atoms with Gasteiger partial charge in [-0.2, -0.15) is 0 Å². The van der Waals surface area contributed by atoms with Crippen LogP contribution >= 0.6 is 0 Å². The van der Waals surface area contributed by atoms with Crippen LogP contribution in [0, 0.1) is 13.8 Å². The second-order valence-corrected chi connectivity index (χ2v) is 4.32. The van der Waals surface area contributed by atoms with Crippen LogP contribution in [0.1, 0.15) is 23.1 Å². The minimum absolute atomic E-state index is 0.116. The number of nitrogens with one attached hydrogen (secondary N) is 2. The molecule has 0 bridgehead atoms. The Hall–Kier alpha value is -1.35. The molecular formula is C14H22N2O. The fraction of sp³-hybridized carbons (Fsp3) is 0.500. The highest BCUT2D eigenvalue weighted by molar-refractivity contribution is 5.76. The van der Waals surface area contributed by atoms with E-state index in [0.29, 0.717) is 13.0 Å². The molecule has 0 heterocycles. The van der Waals surface area contributed by atoms with Gasteiger partial charge in [0.05, 0.1) is 0 Å². The molecule has 0 spiro atoms. The average Bonchev–Trinajstić information content (AvgIpc) is 2.30. The normalized spacial score (nSPS) is 10.3. The van der Waals surface area contributed by atoms with Crippen LogP contribution in [0.3, 0.4) is 0 Å². The predicted octanol–water partition coefficient (Wildman–Crippen LogP) is 1.57. The third kappa shape index (κ3) is 4.57. The van der Waals surface area contributed by atoms with Gasteiger partial charge in [-0.3, -0.25) is 4.79 Å². The van der Waals surface area contributed by atoms with Gasteiger partial charge >= 0.3 is 0 Å². The van der Waals surface area contributed by atoms with Crippen LogP contribution in [0.2, 0.25) is 0 Å². The van der Waals surface area contributed by atoms with Gasteiger partial charge in [0.1, 0.15) is 0 Å². The number of hydrogen-bond acceptors (Lipinski definition) is 2.